The van der Waals surface area contributed by atoms with Gasteiger partial charge in [0.1, 0.15) is 32.0 Å². The first-order valence-corrected chi connectivity index (χ1v) is 23.6. The fourth-order valence-corrected chi connectivity index (χ4v) is 8.38. The van der Waals surface area contributed by atoms with Gasteiger partial charge in [0.2, 0.25) is 17.6 Å². The van der Waals surface area contributed by atoms with Gasteiger partial charge in [0.15, 0.2) is 0 Å². The van der Waals surface area contributed by atoms with Crippen LogP contribution < -0.4 is 19.5 Å². The zero-order valence-corrected chi connectivity index (χ0v) is 41.4. The van der Waals surface area contributed by atoms with E-state index in [-0.39, 0.29) is 57.5 Å². The molecule has 2 atom stereocenters. The van der Waals surface area contributed by atoms with Gasteiger partial charge in [-0.1, -0.05) is 42.5 Å². The highest BCUT2D eigenvalue weighted by molar-refractivity contribution is 9.10. The largest absolute Gasteiger partial charge is 0.481 e. The van der Waals surface area contributed by atoms with Gasteiger partial charge in [-0.15, -0.1) is 0 Å². The second-order valence-corrected chi connectivity index (χ2v) is 18.0. The molecule has 6 rings (SSSR count). The summed E-state index contributed by atoms with van der Waals surface area (Å²) >= 11 is 7.28. The number of nitriles is 2. The molecule has 16 nitrogen and oxygen atoms in total. The van der Waals surface area contributed by atoms with Gasteiger partial charge < -0.3 is 40.0 Å². The molecule has 0 saturated heterocycles. The molecule has 0 saturated carbocycles. The van der Waals surface area contributed by atoms with Crippen LogP contribution in [0.15, 0.2) is 94.4 Å². The molecule has 0 unspecified atom stereocenters. The number of hydrogen-bond acceptors (Lipinski definition) is 14. The SMILES string of the molecule is Cc1c(/C=C/c2nc(OCc3cncc(C#N)c3)c(CCC[C@@H](O)CC(=O)O)cc2Br)cccc1-c1cccc(COc2nc(OCc3cncc(C#N)c3)c(CNC[C@@H](O)CC(=O)O)cc2Br)c1C. The number of aryl methyl sites for hydroxylation is 1. The number of carboxylic acids is 2. The zero-order valence-electron chi connectivity index (χ0n) is 38.2. The minimum absolute atomic E-state index is 0.0261. The van der Waals surface area contributed by atoms with Crippen LogP contribution in [-0.4, -0.2) is 71.1 Å². The Morgan fingerprint density at radius 2 is 1.29 bits per heavy atom. The Balaban J connectivity index is 1.21. The number of halogens is 2. The van der Waals surface area contributed by atoms with E-state index in [1.54, 1.807) is 30.6 Å². The van der Waals surface area contributed by atoms with Crippen LogP contribution in [0.1, 0.15) is 87.0 Å². The maximum Gasteiger partial charge on any atom is 0.306 e. The molecule has 0 radical (unpaired) electrons. The molecule has 0 spiro atoms. The van der Waals surface area contributed by atoms with Crippen molar-refractivity contribution in [2.75, 3.05) is 6.54 Å². The number of aliphatic hydroxyl groups is 2. The van der Waals surface area contributed by atoms with E-state index < -0.39 is 30.6 Å². The molecular weight excluding hydrogens is 1030 g/mol. The summed E-state index contributed by atoms with van der Waals surface area (Å²) in [4.78, 5) is 40.0. The number of nitrogens with zero attached hydrogens (tertiary/aromatic N) is 6. The predicted molar refractivity (Wildman–Crippen MR) is 266 cm³/mol. The topological polar surface area (TPSA) is 254 Å². The highest BCUT2D eigenvalue weighted by atomic mass is 79.9. The van der Waals surface area contributed by atoms with Gasteiger partial charge in [-0.2, -0.15) is 15.5 Å². The standard InChI is InChI=1S/C52H49Br2N7O9/c1-31-37(12-13-47-45(53)16-38(7-3-9-41(62)18-48(64)65)50(60-47)68-28-35-14-33(20-55)22-57-24-35)6-4-10-43(31)44-11-5-8-39(32(44)2)30-70-52-46(54)17-40(26-59-27-42(63)19-49(66)67)51(61-52)69-29-36-15-34(21-56)23-58-25-36/h4-6,8,10-17,22-25,41-42,59,62-63H,3,7,9,18-19,26-30H2,1-2H3,(H,64,65)(H,66,67)/b13-12+/t41-,42+/m1/s1. The summed E-state index contributed by atoms with van der Waals surface area (Å²) in [5.41, 5.74) is 10.0. The minimum Gasteiger partial charge on any atom is -0.481 e. The first kappa shape index (κ1) is 52.3. The van der Waals surface area contributed by atoms with Crippen molar-refractivity contribution in [3.63, 3.8) is 0 Å². The average Bonchev–Trinajstić information content (AvgIpc) is 3.33. The van der Waals surface area contributed by atoms with Crippen molar-refractivity contribution in [3.8, 4) is 40.9 Å². The van der Waals surface area contributed by atoms with Gasteiger partial charge >= 0.3 is 11.9 Å². The monoisotopic (exact) mass is 1070 g/mol. The number of carboxylic acid groups (broad SMARTS) is 2. The van der Waals surface area contributed by atoms with Crippen LogP contribution in [0.5, 0.6) is 17.6 Å². The third-order valence-electron chi connectivity index (χ3n) is 11.0. The Morgan fingerprint density at radius 3 is 1.93 bits per heavy atom. The van der Waals surface area contributed by atoms with E-state index in [0.717, 1.165) is 38.9 Å². The normalized spacial score (nSPS) is 11.9. The maximum atomic E-state index is 11.1. The summed E-state index contributed by atoms with van der Waals surface area (Å²) in [5.74, 6) is -1.31. The second-order valence-electron chi connectivity index (χ2n) is 16.3. The lowest BCUT2D eigenvalue weighted by Gasteiger charge is -2.17. The Hall–Kier alpha value is -7.06. The molecule has 6 aromatic rings. The molecule has 0 aliphatic rings. The Bertz CT molecular complexity index is 2960. The van der Waals surface area contributed by atoms with Crippen molar-refractivity contribution in [1.82, 2.24) is 25.3 Å². The van der Waals surface area contributed by atoms with Gasteiger partial charge in [0.05, 0.1) is 46.3 Å². The fraction of sp³-hybridized carbons (Fsp3) is 0.269. The van der Waals surface area contributed by atoms with Crippen molar-refractivity contribution >= 4 is 56.0 Å². The van der Waals surface area contributed by atoms with E-state index in [0.29, 0.717) is 61.2 Å². The van der Waals surface area contributed by atoms with Gasteiger partial charge in [0.25, 0.3) is 0 Å². The Labute approximate surface area is 421 Å². The number of nitrogens with one attached hydrogen (secondary N) is 1. The van der Waals surface area contributed by atoms with E-state index in [2.05, 4.69) is 78.3 Å². The van der Waals surface area contributed by atoms with Crippen LogP contribution in [0.3, 0.4) is 0 Å². The van der Waals surface area contributed by atoms with E-state index in [4.69, 9.17) is 34.4 Å². The highest BCUT2D eigenvalue weighted by Crippen LogP contribution is 2.35. The molecular formula is C52H49Br2N7O9. The summed E-state index contributed by atoms with van der Waals surface area (Å²) in [6, 6.07) is 23.3. The smallest absolute Gasteiger partial charge is 0.306 e. The molecule has 2 aromatic carbocycles. The zero-order chi connectivity index (χ0) is 50.2. The number of carbonyl (C=O) groups is 2. The number of benzene rings is 2. The molecule has 70 heavy (non-hydrogen) atoms. The van der Waals surface area contributed by atoms with E-state index in [1.807, 2.05) is 49.4 Å². The number of hydrogen-bond donors (Lipinski definition) is 5. The van der Waals surface area contributed by atoms with Crippen LogP contribution in [0.2, 0.25) is 0 Å². The quantitative estimate of drug-likeness (QED) is 0.0379. The lowest BCUT2D eigenvalue weighted by molar-refractivity contribution is -0.140. The molecule has 0 aliphatic heterocycles. The third kappa shape index (κ3) is 15.0. The van der Waals surface area contributed by atoms with Crippen molar-refractivity contribution in [2.24, 2.45) is 0 Å². The molecule has 0 aliphatic carbocycles. The minimum atomic E-state index is -1.11. The molecule has 18 heteroatoms. The Kier molecular flexibility index (Phi) is 19.1. The maximum absolute atomic E-state index is 11.1. The lowest BCUT2D eigenvalue weighted by atomic mass is 9.91. The highest BCUT2D eigenvalue weighted by Gasteiger charge is 2.18. The first-order chi connectivity index (χ1) is 33.7. The molecule has 0 fully saturated rings. The molecule has 5 N–H and O–H groups in total. The summed E-state index contributed by atoms with van der Waals surface area (Å²) in [5, 5.41) is 60.2. The molecule has 360 valence electrons. The van der Waals surface area contributed by atoms with Crippen LogP contribution in [-0.2, 0) is 42.4 Å². The summed E-state index contributed by atoms with van der Waals surface area (Å²) in [6.45, 7) is 4.64. The van der Waals surface area contributed by atoms with Gasteiger partial charge in [-0.3, -0.25) is 19.6 Å². The van der Waals surface area contributed by atoms with Crippen LogP contribution in [0, 0.1) is 36.5 Å². The fourth-order valence-electron chi connectivity index (χ4n) is 7.40. The first-order valence-electron chi connectivity index (χ1n) is 22.0. The summed E-state index contributed by atoms with van der Waals surface area (Å²) < 4.78 is 19.9. The summed E-state index contributed by atoms with van der Waals surface area (Å²) in [6.07, 6.45) is 8.47. The summed E-state index contributed by atoms with van der Waals surface area (Å²) in [7, 11) is 0. The predicted octanol–water partition coefficient (Wildman–Crippen LogP) is 8.81. The molecule has 4 heterocycles. The van der Waals surface area contributed by atoms with E-state index in [1.165, 1.54) is 12.4 Å². The van der Waals surface area contributed by atoms with Gasteiger partial charge in [0, 0.05) is 64.6 Å². The number of ether oxygens (including phenoxy) is 3. The number of aliphatic carboxylic acids is 2. The van der Waals surface area contributed by atoms with Crippen LogP contribution in [0.4, 0.5) is 0 Å². The van der Waals surface area contributed by atoms with Crippen LogP contribution >= 0.6 is 31.9 Å². The number of aliphatic hydroxyl groups excluding tert-OH is 2. The molecule has 0 bridgehead atoms. The average molecular weight is 1080 g/mol. The van der Waals surface area contributed by atoms with Crippen molar-refractivity contribution in [1.29, 1.82) is 10.5 Å². The van der Waals surface area contributed by atoms with Crippen molar-refractivity contribution in [3.05, 3.63) is 156 Å². The molecule has 0 amide bonds. The van der Waals surface area contributed by atoms with Crippen molar-refractivity contribution in [2.45, 2.75) is 84.5 Å². The van der Waals surface area contributed by atoms with Crippen LogP contribution in [0.25, 0.3) is 23.3 Å². The number of rotatable bonds is 24. The lowest BCUT2D eigenvalue weighted by Crippen LogP contribution is -2.28. The molecule has 4 aromatic heterocycles. The van der Waals surface area contributed by atoms with E-state index in [9.17, 15) is 30.3 Å². The van der Waals surface area contributed by atoms with Gasteiger partial charge in [-0.25, -0.2) is 4.98 Å². The van der Waals surface area contributed by atoms with Gasteiger partial charge in [-0.05, 0) is 129 Å². The second kappa shape index (κ2) is 25.5. The number of pyridine rings is 4. The van der Waals surface area contributed by atoms with Crippen molar-refractivity contribution < 1.29 is 44.2 Å². The Morgan fingerprint density at radius 1 is 0.700 bits per heavy atom. The third-order valence-corrected chi connectivity index (χ3v) is 12.2. The number of aromatic nitrogens is 4. The van der Waals surface area contributed by atoms with E-state index >= 15 is 0 Å².